The Kier molecular flexibility index (Phi) is 11.9. The van der Waals surface area contributed by atoms with Crippen LogP contribution < -0.4 is 21.1 Å². The van der Waals surface area contributed by atoms with Gasteiger partial charge in [-0.3, -0.25) is 14.5 Å². The van der Waals surface area contributed by atoms with Crippen molar-refractivity contribution >= 4 is 39.2 Å². The number of amides is 2. The van der Waals surface area contributed by atoms with Gasteiger partial charge < -0.3 is 30.9 Å². The van der Waals surface area contributed by atoms with E-state index in [1.165, 1.54) is 11.3 Å². The van der Waals surface area contributed by atoms with Gasteiger partial charge in [0.05, 0.1) is 25.9 Å². The van der Waals surface area contributed by atoms with Gasteiger partial charge >= 0.3 is 5.97 Å². The molecular weight excluding hydrogens is 568 g/mol. The summed E-state index contributed by atoms with van der Waals surface area (Å²) in [6.07, 6.45) is 4.61. The van der Waals surface area contributed by atoms with E-state index in [0.717, 1.165) is 73.5 Å². The number of carboxylic acids is 1. The van der Waals surface area contributed by atoms with Crippen molar-refractivity contribution in [2.45, 2.75) is 50.1 Å². The summed E-state index contributed by atoms with van der Waals surface area (Å²) in [6, 6.07) is 16.3. The number of morpholine rings is 1. The number of fused-ring (bicyclic) bond motifs is 1. The number of benzene rings is 2. The molecule has 2 aliphatic rings. The highest BCUT2D eigenvalue weighted by atomic mass is 32.1. The SMILES string of the molecule is COc1ccc2cc(C(=O)O)sc2c1.NC1(C(=O)N[C@H](Cc2ccccc2)C(=O)NCCCN2CCOCC2)CCCC1. The van der Waals surface area contributed by atoms with Crippen LogP contribution >= 0.6 is 11.3 Å². The van der Waals surface area contributed by atoms with Crippen LogP contribution in [0.3, 0.4) is 0 Å². The highest BCUT2D eigenvalue weighted by Crippen LogP contribution is 2.29. The summed E-state index contributed by atoms with van der Waals surface area (Å²) in [5.74, 6) is -0.494. The Morgan fingerprint density at radius 1 is 1.09 bits per heavy atom. The second-order valence-corrected chi connectivity index (χ2v) is 12.1. The third-order valence-electron chi connectivity index (χ3n) is 7.84. The van der Waals surface area contributed by atoms with Gasteiger partial charge in [0.1, 0.15) is 16.7 Å². The summed E-state index contributed by atoms with van der Waals surface area (Å²) < 4.78 is 11.3. The van der Waals surface area contributed by atoms with Gasteiger partial charge in [-0.15, -0.1) is 11.3 Å². The van der Waals surface area contributed by atoms with E-state index >= 15 is 0 Å². The molecule has 1 atom stereocenters. The van der Waals surface area contributed by atoms with Crippen molar-refractivity contribution in [3.63, 3.8) is 0 Å². The quantitative estimate of drug-likeness (QED) is 0.242. The maximum Gasteiger partial charge on any atom is 0.345 e. The van der Waals surface area contributed by atoms with Gasteiger partial charge in [0.15, 0.2) is 0 Å². The van der Waals surface area contributed by atoms with Crippen molar-refractivity contribution < 1.29 is 29.0 Å². The lowest BCUT2D eigenvalue weighted by Crippen LogP contribution is -2.58. The fourth-order valence-corrected chi connectivity index (χ4v) is 6.23. The Labute approximate surface area is 256 Å². The monoisotopic (exact) mass is 610 g/mol. The van der Waals surface area contributed by atoms with E-state index in [4.69, 9.17) is 20.3 Å². The molecular formula is C32H42N4O6S. The molecule has 0 radical (unpaired) electrons. The first-order chi connectivity index (χ1) is 20.8. The molecule has 2 amide bonds. The largest absolute Gasteiger partial charge is 0.497 e. The summed E-state index contributed by atoms with van der Waals surface area (Å²) in [6.45, 7) is 4.96. The minimum atomic E-state index is -0.884. The van der Waals surface area contributed by atoms with Crippen LogP contribution in [0.25, 0.3) is 10.1 Å². The van der Waals surface area contributed by atoms with E-state index in [1.54, 1.807) is 13.2 Å². The van der Waals surface area contributed by atoms with Crippen LogP contribution in [0.1, 0.15) is 47.3 Å². The lowest BCUT2D eigenvalue weighted by molar-refractivity contribution is -0.131. The maximum absolute atomic E-state index is 12.9. The standard InChI is InChI=1S/C22H34N4O3.C10H8O3S/c23-22(9-4-5-10-22)21(28)25-19(17-18-7-2-1-3-8-18)20(27)24-11-6-12-26-13-15-29-16-14-26;1-13-7-3-2-6-4-9(10(11)12)14-8(6)5-7/h1-3,7-8,19H,4-6,9-17,23H2,(H,24,27)(H,25,28);2-5H,1H3,(H,11,12)/t19-;/m1./s1. The second-order valence-electron chi connectivity index (χ2n) is 11.0. The third-order valence-corrected chi connectivity index (χ3v) is 8.93. The molecule has 5 N–H and O–H groups in total. The molecule has 5 rings (SSSR count). The molecule has 1 aromatic heterocycles. The van der Waals surface area contributed by atoms with E-state index in [9.17, 15) is 14.4 Å². The summed E-state index contributed by atoms with van der Waals surface area (Å²) in [4.78, 5) is 39.0. The highest BCUT2D eigenvalue weighted by Gasteiger charge is 2.38. The Hall–Kier alpha value is -3.51. The molecule has 0 spiro atoms. The number of carboxylic acid groups (broad SMARTS) is 1. The van der Waals surface area contributed by atoms with Crippen LogP contribution in [0.15, 0.2) is 54.6 Å². The van der Waals surface area contributed by atoms with E-state index in [0.29, 0.717) is 30.7 Å². The van der Waals surface area contributed by atoms with Gasteiger partial charge in [0.2, 0.25) is 11.8 Å². The van der Waals surface area contributed by atoms with Gasteiger partial charge in [0.25, 0.3) is 0 Å². The Balaban J connectivity index is 0.000000251. The molecule has 2 fully saturated rings. The van der Waals surface area contributed by atoms with Crippen LogP contribution in [0.4, 0.5) is 0 Å². The van der Waals surface area contributed by atoms with Crippen molar-refractivity contribution in [2.24, 2.45) is 5.73 Å². The Bertz CT molecular complexity index is 1350. The molecule has 1 saturated carbocycles. The summed E-state index contributed by atoms with van der Waals surface area (Å²) >= 11 is 1.26. The number of hydrogen-bond donors (Lipinski definition) is 4. The molecule has 232 valence electrons. The van der Waals surface area contributed by atoms with Crippen LogP contribution in [-0.4, -0.2) is 85.9 Å². The van der Waals surface area contributed by atoms with Gasteiger partial charge in [-0.2, -0.15) is 0 Å². The van der Waals surface area contributed by atoms with Gasteiger partial charge in [-0.25, -0.2) is 4.79 Å². The minimum Gasteiger partial charge on any atom is -0.497 e. The normalized spacial score (nSPS) is 17.0. The van der Waals surface area contributed by atoms with Gasteiger partial charge in [0, 0.05) is 30.8 Å². The topological polar surface area (TPSA) is 143 Å². The predicted octanol–water partition coefficient (Wildman–Crippen LogP) is 3.43. The first-order valence-electron chi connectivity index (χ1n) is 14.8. The third kappa shape index (κ3) is 9.49. The predicted molar refractivity (Wildman–Crippen MR) is 168 cm³/mol. The summed E-state index contributed by atoms with van der Waals surface area (Å²) in [7, 11) is 1.59. The molecule has 2 aromatic carbocycles. The number of nitrogens with one attached hydrogen (secondary N) is 2. The van der Waals surface area contributed by atoms with Crippen molar-refractivity contribution in [2.75, 3.05) is 46.5 Å². The average Bonchev–Trinajstić information content (AvgIpc) is 3.67. The van der Waals surface area contributed by atoms with E-state index in [2.05, 4.69) is 15.5 Å². The van der Waals surface area contributed by atoms with E-state index in [-0.39, 0.29) is 11.8 Å². The molecule has 10 nitrogen and oxygen atoms in total. The van der Waals surface area contributed by atoms with Gasteiger partial charge in [-0.1, -0.05) is 43.2 Å². The Morgan fingerprint density at radius 3 is 2.49 bits per heavy atom. The van der Waals surface area contributed by atoms with Crippen molar-refractivity contribution in [3.8, 4) is 5.75 Å². The number of hydrogen-bond acceptors (Lipinski definition) is 8. The molecule has 1 aliphatic heterocycles. The molecule has 1 saturated heterocycles. The first kappa shape index (κ1) is 32.4. The Morgan fingerprint density at radius 2 is 1.81 bits per heavy atom. The van der Waals surface area contributed by atoms with Crippen LogP contribution in [0.5, 0.6) is 5.75 Å². The van der Waals surface area contributed by atoms with Gasteiger partial charge in [-0.05, 0) is 61.0 Å². The minimum absolute atomic E-state index is 0.147. The zero-order valence-electron chi connectivity index (χ0n) is 24.7. The molecule has 0 bridgehead atoms. The highest BCUT2D eigenvalue weighted by molar-refractivity contribution is 7.20. The lowest BCUT2D eigenvalue weighted by atomic mass is 9.96. The smallest absolute Gasteiger partial charge is 0.345 e. The van der Waals surface area contributed by atoms with E-state index < -0.39 is 17.6 Å². The fraction of sp³-hybridized carbons (Fsp3) is 0.469. The van der Waals surface area contributed by atoms with Crippen molar-refractivity contribution in [1.29, 1.82) is 0 Å². The summed E-state index contributed by atoms with van der Waals surface area (Å²) in [5.41, 5.74) is 6.46. The number of rotatable bonds is 11. The fourth-order valence-electron chi connectivity index (χ4n) is 5.30. The lowest BCUT2D eigenvalue weighted by Gasteiger charge is -2.27. The summed E-state index contributed by atoms with van der Waals surface area (Å²) in [5, 5.41) is 15.7. The average molecular weight is 611 g/mol. The second kappa shape index (κ2) is 15.8. The molecule has 1 aliphatic carbocycles. The van der Waals surface area contributed by atoms with Crippen LogP contribution in [0.2, 0.25) is 0 Å². The zero-order valence-corrected chi connectivity index (χ0v) is 25.5. The number of carbonyl (C=O) groups is 3. The number of thiophene rings is 1. The van der Waals surface area contributed by atoms with E-state index in [1.807, 2.05) is 48.5 Å². The molecule has 11 heteroatoms. The van der Waals surface area contributed by atoms with Crippen molar-refractivity contribution in [3.05, 3.63) is 65.0 Å². The molecule has 43 heavy (non-hydrogen) atoms. The molecule has 2 heterocycles. The van der Waals surface area contributed by atoms with Crippen molar-refractivity contribution in [1.82, 2.24) is 15.5 Å². The zero-order chi connectivity index (χ0) is 30.7. The number of nitrogens with two attached hydrogens (primary N) is 1. The first-order valence-corrected chi connectivity index (χ1v) is 15.6. The van der Waals surface area contributed by atoms with Crippen LogP contribution in [-0.2, 0) is 20.7 Å². The number of nitrogens with zero attached hydrogens (tertiary/aromatic N) is 1. The van der Waals surface area contributed by atoms with Crippen LogP contribution in [0, 0.1) is 0 Å². The molecule has 3 aromatic rings. The molecule has 0 unspecified atom stereocenters. The number of ether oxygens (including phenoxy) is 2. The number of methoxy groups -OCH3 is 1. The maximum atomic E-state index is 12.9. The number of aromatic carboxylic acids is 1. The number of carbonyl (C=O) groups excluding carboxylic acids is 2.